The lowest BCUT2D eigenvalue weighted by molar-refractivity contribution is 0.166. The fourth-order valence-electron chi connectivity index (χ4n) is 2.53. The number of ether oxygens (including phenoxy) is 2. The van der Waals surface area contributed by atoms with E-state index in [-0.39, 0.29) is 5.75 Å². The summed E-state index contributed by atoms with van der Waals surface area (Å²) in [6, 6.07) is 3.99. The number of fused-ring (bicyclic) bond motifs is 1. The number of hydrogen-bond acceptors (Lipinski definition) is 5. The van der Waals surface area contributed by atoms with Crippen molar-refractivity contribution in [2.75, 3.05) is 37.7 Å². The minimum absolute atomic E-state index is 0.149. The summed E-state index contributed by atoms with van der Waals surface area (Å²) in [5.74, 6) is 1.30. The van der Waals surface area contributed by atoms with Crippen LogP contribution in [-0.4, -0.2) is 44.0 Å². The molecule has 1 atom stereocenters. The summed E-state index contributed by atoms with van der Waals surface area (Å²) in [6.45, 7) is 6.04. The van der Waals surface area contributed by atoms with Crippen LogP contribution in [0, 0.1) is 0 Å². The summed E-state index contributed by atoms with van der Waals surface area (Å²) in [7, 11) is 0. The van der Waals surface area contributed by atoms with Gasteiger partial charge < -0.3 is 24.8 Å². The molecule has 0 aliphatic carbocycles. The van der Waals surface area contributed by atoms with E-state index >= 15 is 0 Å². The first-order chi connectivity index (χ1) is 8.77. The minimum atomic E-state index is 0.149. The molecule has 98 valence electrons. The summed E-state index contributed by atoms with van der Waals surface area (Å²) in [5.41, 5.74) is 1.01. The summed E-state index contributed by atoms with van der Waals surface area (Å²) >= 11 is 0. The lowest BCUT2D eigenvalue weighted by Crippen LogP contribution is -2.50. The third-order valence-electron chi connectivity index (χ3n) is 3.46. The van der Waals surface area contributed by atoms with E-state index in [0.717, 1.165) is 25.3 Å². The molecule has 5 heteroatoms. The van der Waals surface area contributed by atoms with Crippen molar-refractivity contribution in [1.82, 2.24) is 5.32 Å². The molecule has 1 fully saturated rings. The molecule has 0 saturated carbocycles. The van der Waals surface area contributed by atoms with Gasteiger partial charge in [0.25, 0.3) is 0 Å². The highest BCUT2D eigenvalue weighted by Gasteiger charge is 2.26. The smallest absolute Gasteiger partial charge is 0.205 e. The van der Waals surface area contributed by atoms with Crippen molar-refractivity contribution >= 4 is 5.69 Å². The first-order valence-corrected chi connectivity index (χ1v) is 6.36. The Balaban J connectivity index is 2.01. The van der Waals surface area contributed by atoms with Crippen LogP contribution in [0.1, 0.15) is 6.92 Å². The molecule has 0 bridgehead atoms. The number of piperazine rings is 1. The number of phenolic OH excluding ortho intramolecular Hbond substituents is 1. The van der Waals surface area contributed by atoms with E-state index in [1.165, 1.54) is 0 Å². The van der Waals surface area contributed by atoms with Crippen LogP contribution >= 0.6 is 0 Å². The Morgan fingerprint density at radius 3 is 2.83 bits per heavy atom. The van der Waals surface area contributed by atoms with Gasteiger partial charge in [0.2, 0.25) is 5.75 Å². The largest absolute Gasteiger partial charge is 0.504 e. The molecule has 5 nitrogen and oxygen atoms in total. The highest BCUT2D eigenvalue weighted by Crippen LogP contribution is 2.46. The summed E-state index contributed by atoms with van der Waals surface area (Å²) in [5, 5.41) is 13.2. The van der Waals surface area contributed by atoms with E-state index in [4.69, 9.17) is 9.47 Å². The van der Waals surface area contributed by atoms with Crippen LogP contribution in [0.5, 0.6) is 17.2 Å². The second-order valence-corrected chi connectivity index (χ2v) is 4.71. The van der Waals surface area contributed by atoms with E-state index in [0.29, 0.717) is 30.8 Å². The molecule has 2 heterocycles. The number of phenols is 1. The molecule has 1 unspecified atom stereocenters. The first kappa shape index (κ1) is 11.5. The Kier molecular flexibility index (Phi) is 2.91. The molecule has 18 heavy (non-hydrogen) atoms. The molecule has 3 rings (SSSR count). The third kappa shape index (κ3) is 1.84. The zero-order valence-electron chi connectivity index (χ0n) is 10.5. The molecule has 2 aliphatic rings. The highest BCUT2D eigenvalue weighted by atomic mass is 16.6. The van der Waals surface area contributed by atoms with Crippen LogP contribution in [0.3, 0.4) is 0 Å². The number of nitrogens with one attached hydrogen (secondary N) is 1. The lowest BCUT2D eigenvalue weighted by Gasteiger charge is -2.37. The fourth-order valence-corrected chi connectivity index (χ4v) is 2.53. The van der Waals surface area contributed by atoms with Crippen molar-refractivity contribution < 1.29 is 14.6 Å². The van der Waals surface area contributed by atoms with Crippen LogP contribution in [-0.2, 0) is 0 Å². The topological polar surface area (TPSA) is 54.0 Å². The predicted octanol–water partition coefficient (Wildman–Crippen LogP) is 0.961. The van der Waals surface area contributed by atoms with E-state index in [9.17, 15) is 5.11 Å². The Labute approximate surface area is 106 Å². The number of hydrogen-bond donors (Lipinski definition) is 2. The van der Waals surface area contributed by atoms with Crippen LogP contribution in [0.2, 0.25) is 0 Å². The maximum atomic E-state index is 9.81. The number of aromatic hydroxyl groups is 1. The summed E-state index contributed by atoms with van der Waals surface area (Å²) in [4.78, 5) is 2.30. The van der Waals surface area contributed by atoms with Gasteiger partial charge in [-0.05, 0) is 19.1 Å². The van der Waals surface area contributed by atoms with Gasteiger partial charge in [-0.25, -0.2) is 0 Å². The monoisotopic (exact) mass is 250 g/mol. The fraction of sp³-hybridized carbons (Fsp3) is 0.538. The summed E-state index contributed by atoms with van der Waals surface area (Å²) in [6.07, 6.45) is 0. The van der Waals surface area contributed by atoms with Crippen LogP contribution in [0.25, 0.3) is 0 Å². The normalized spacial score (nSPS) is 22.9. The predicted molar refractivity (Wildman–Crippen MR) is 68.8 cm³/mol. The van der Waals surface area contributed by atoms with Gasteiger partial charge in [-0.2, -0.15) is 0 Å². The van der Waals surface area contributed by atoms with E-state index in [1.54, 1.807) is 6.07 Å². The van der Waals surface area contributed by atoms with E-state index < -0.39 is 0 Å². The first-order valence-electron chi connectivity index (χ1n) is 6.36. The van der Waals surface area contributed by atoms with E-state index in [1.807, 2.05) is 6.07 Å². The standard InChI is InChI=1S/C13H18N2O3/c1-9-8-14-4-5-15(9)10-2-3-11(16)13-12(10)17-6-7-18-13/h2-3,9,14,16H,4-8H2,1H3. The van der Waals surface area contributed by atoms with Gasteiger partial charge >= 0.3 is 0 Å². The molecular weight excluding hydrogens is 232 g/mol. The van der Waals surface area contributed by atoms with Crippen molar-refractivity contribution in [3.63, 3.8) is 0 Å². The minimum Gasteiger partial charge on any atom is -0.504 e. The molecule has 1 aromatic carbocycles. The quantitative estimate of drug-likeness (QED) is 0.777. The van der Waals surface area contributed by atoms with Gasteiger partial charge in [-0.15, -0.1) is 0 Å². The molecule has 2 N–H and O–H groups in total. The number of benzene rings is 1. The Morgan fingerprint density at radius 2 is 2.06 bits per heavy atom. The maximum Gasteiger partial charge on any atom is 0.205 e. The van der Waals surface area contributed by atoms with E-state index in [2.05, 4.69) is 17.1 Å². The highest BCUT2D eigenvalue weighted by molar-refractivity contribution is 5.69. The molecule has 2 aliphatic heterocycles. The van der Waals surface area contributed by atoms with Crippen molar-refractivity contribution in [1.29, 1.82) is 0 Å². The van der Waals surface area contributed by atoms with Crippen molar-refractivity contribution in [2.45, 2.75) is 13.0 Å². The second-order valence-electron chi connectivity index (χ2n) is 4.71. The Hall–Kier alpha value is -1.62. The Morgan fingerprint density at radius 1 is 1.28 bits per heavy atom. The molecule has 0 aromatic heterocycles. The van der Waals surface area contributed by atoms with Gasteiger partial charge in [-0.3, -0.25) is 0 Å². The molecule has 0 amide bonds. The van der Waals surface area contributed by atoms with Gasteiger partial charge in [0.1, 0.15) is 13.2 Å². The molecule has 1 aromatic rings. The molecular formula is C13H18N2O3. The SMILES string of the molecule is CC1CNCCN1c1ccc(O)c2c1OCCO2. The van der Waals surface area contributed by atoms with Crippen LogP contribution in [0.4, 0.5) is 5.69 Å². The number of anilines is 1. The van der Waals surface area contributed by atoms with Gasteiger partial charge in [0.05, 0.1) is 5.69 Å². The third-order valence-corrected chi connectivity index (χ3v) is 3.46. The number of nitrogens with zero attached hydrogens (tertiary/aromatic N) is 1. The average molecular weight is 250 g/mol. The van der Waals surface area contributed by atoms with Gasteiger partial charge in [0.15, 0.2) is 11.5 Å². The zero-order chi connectivity index (χ0) is 12.5. The summed E-state index contributed by atoms with van der Waals surface area (Å²) < 4.78 is 11.2. The number of rotatable bonds is 1. The van der Waals surface area contributed by atoms with Crippen LogP contribution < -0.4 is 19.7 Å². The second kappa shape index (κ2) is 4.57. The Bertz CT molecular complexity index is 450. The van der Waals surface area contributed by atoms with Gasteiger partial charge in [0, 0.05) is 25.7 Å². The van der Waals surface area contributed by atoms with Gasteiger partial charge in [-0.1, -0.05) is 0 Å². The van der Waals surface area contributed by atoms with Crippen molar-refractivity contribution in [3.8, 4) is 17.2 Å². The average Bonchev–Trinajstić information content (AvgIpc) is 2.41. The van der Waals surface area contributed by atoms with Crippen molar-refractivity contribution in [2.24, 2.45) is 0 Å². The lowest BCUT2D eigenvalue weighted by atomic mass is 10.1. The molecule has 1 saturated heterocycles. The molecule has 0 spiro atoms. The molecule has 0 radical (unpaired) electrons. The van der Waals surface area contributed by atoms with Crippen LogP contribution in [0.15, 0.2) is 12.1 Å². The zero-order valence-corrected chi connectivity index (χ0v) is 10.5. The van der Waals surface area contributed by atoms with Crippen molar-refractivity contribution in [3.05, 3.63) is 12.1 Å². The maximum absolute atomic E-state index is 9.81.